The Morgan fingerprint density at radius 2 is 0.905 bits per heavy atom. The Morgan fingerprint density at radius 1 is 0.476 bits per heavy atom. The molecule has 1 N–H and O–H groups in total. The topological polar surface area (TPSA) is 77.9 Å². The number of nitrogens with zero attached hydrogens (tertiary/aromatic N) is 2. The molecular formula is C36H24N2O4. The highest BCUT2D eigenvalue weighted by molar-refractivity contribution is 6.27. The highest BCUT2D eigenvalue weighted by Gasteiger charge is 2.32. The molecule has 42 heavy (non-hydrogen) atoms. The summed E-state index contributed by atoms with van der Waals surface area (Å²) in [5, 5.41) is 16.2. The van der Waals surface area contributed by atoms with Crippen molar-refractivity contribution >= 4 is 50.0 Å². The van der Waals surface area contributed by atoms with Crippen molar-refractivity contribution in [3.05, 3.63) is 119 Å². The lowest BCUT2D eigenvalue weighted by atomic mass is 9.84. The maximum absolute atomic E-state index is 13.0. The molecule has 202 valence electrons. The van der Waals surface area contributed by atoms with Gasteiger partial charge in [-0.1, -0.05) is 78.9 Å². The number of carbonyl (C=O) groups excluding carboxylic acids is 3. The fourth-order valence-corrected chi connectivity index (χ4v) is 6.79. The number of hydrogen-bond acceptors (Lipinski definition) is 4. The van der Waals surface area contributed by atoms with Gasteiger partial charge in [0.15, 0.2) is 6.23 Å². The van der Waals surface area contributed by atoms with Crippen molar-refractivity contribution in [2.24, 2.45) is 0 Å². The van der Waals surface area contributed by atoms with E-state index in [4.69, 9.17) is 0 Å². The van der Waals surface area contributed by atoms with Gasteiger partial charge in [-0.05, 0) is 62.0 Å². The summed E-state index contributed by atoms with van der Waals surface area (Å²) in [4.78, 5) is 41.5. The summed E-state index contributed by atoms with van der Waals surface area (Å²) >= 11 is 0. The summed E-state index contributed by atoms with van der Waals surface area (Å²) in [7, 11) is 3.13. The second-order valence-corrected chi connectivity index (χ2v) is 11.0. The fraction of sp³-hybridized carbons (Fsp3) is 0.0833. The van der Waals surface area contributed by atoms with Crippen LogP contribution in [-0.2, 0) is 0 Å². The molecule has 2 aliphatic rings. The molecule has 0 radical (unpaired) electrons. The zero-order valence-corrected chi connectivity index (χ0v) is 22.9. The van der Waals surface area contributed by atoms with Crippen LogP contribution < -0.4 is 0 Å². The van der Waals surface area contributed by atoms with Gasteiger partial charge in [0.05, 0.1) is 0 Å². The molecule has 2 heterocycles. The molecule has 2 aliphatic heterocycles. The van der Waals surface area contributed by atoms with Crippen LogP contribution in [0.25, 0.3) is 54.6 Å². The third-order valence-electron chi connectivity index (χ3n) is 8.88. The summed E-state index contributed by atoms with van der Waals surface area (Å²) in [6, 6.07) is 31.4. The van der Waals surface area contributed by atoms with Crippen LogP contribution in [0.5, 0.6) is 0 Å². The predicted octanol–water partition coefficient (Wildman–Crippen LogP) is 6.78. The number of amides is 3. The molecule has 8 rings (SSSR count). The molecule has 3 amide bonds. The maximum Gasteiger partial charge on any atom is 0.261 e. The normalized spacial score (nSPS) is 16.3. The molecular weight excluding hydrogens is 524 g/mol. The first-order valence-electron chi connectivity index (χ1n) is 13.8. The van der Waals surface area contributed by atoms with Crippen LogP contribution in [-0.4, -0.2) is 46.7 Å². The lowest BCUT2D eigenvalue weighted by Crippen LogP contribution is -2.36. The molecule has 6 aromatic carbocycles. The Balaban J connectivity index is 1.39. The minimum atomic E-state index is -1.00. The molecule has 0 spiro atoms. The van der Waals surface area contributed by atoms with Gasteiger partial charge in [-0.15, -0.1) is 0 Å². The number of aliphatic hydroxyl groups is 1. The van der Waals surface area contributed by atoms with Gasteiger partial charge in [0.25, 0.3) is 17.7 Å². The predicted molar refractivity (Wildman–Crippen MR) is 163 cm³/mol. The third kappa shape index (κ3) is 3.10. The van der Waals surface area contributed by atoms with Gasteiger partial charge in [0, 0.05) is 47.1 Å². The molecule has 0 bridgehead atoms. The molecule has 6 heteroatoms. The van der Waals surface area contributed by atoms with Crippen molar-refractivity contribution in [2.75, 3.05) is 14.1 Å². The Kier molecular flexibility index (Phi) is 5.00. The van der Waals surface area contributed by atoms with E-state index in [-0.39, 0.29) is 17.7 Å². The molecule has 6 nitrogen and oxygen atoms in total. The van der Waals surface area contributed by atoms with E-state index in [0.717, 1.165) is 49.2 Å². The molecule has 0 saturated heterocycles. The Morgan fingerprint density at radius 3 is 1.50 bits per heavy atom. The van der Waals surface area contributed by atoms with Crippen molar-refractivity contribution in [3.8, 4) is 22.3 Å². The first-order chi connectivity index (χ1) is 20.4. The van der Waals surface area contributed by atoms with Gasteiger partial charge in [-0.3, -0.25) is 19.3 Å². The number of imide groups is 1. The minimum absolute atomic E-state index is 0.205. The monoisotopic (exact) mass is 548 g/mol. The quantitative estimate of drug-likeness (QED) is 0.242. The lowest BCUT2D eigenvalue weighted by Gasteiger charge is -2.31. The fourth-order valence-electron chi connectivity index (χ4n) is 6.79. The Hall–Kier alpha value is -5.33. The van der Waals surface area contributed by atoms with Crippen molar-refractivity contribution < 1.29 is 19.5 Å². The SMILES string of the molecule is CN1C(=O)c2cccc3c(-c4ccc(-c5ccc6c7c(cccc57)C(=O)N(C)C6O)c5ccccc45)ccc(c23)C1=O. The van der Waals surface area contributed by atoms with Gasteiger partial charge in [0.2, 0.25) is 0 Å². The Bertz CT molecular complexity index is 2190. The molecule has 1 atom stereocenters. The van der Waals surface area contributed by atoms with E-state index in [2.05, 4.69) is 24.3 Å². The van der Waals surface area contributed by atoms with E-state index in [1.807, 2.05) is 66.7 Å². The van der Waals surface area contributed by atoms with Crippen molar-refractivity contribution in [1.29, 1.82) is 0 Å². The number of carbonyl (C=O) groups is 3. The summed E-state index contributed by atoms with van der Waals surface area (Å²) in [6.45, 7) is 0. The maximum atomic E-state index is 13.0. The summed E-state index contributed by atoms with van der Waals surface area (Å²) in [6.07, 6.45) is -1.00. The number of aliphatic hydroxyl groups excluding tert-OH is 1. The minimum Gasteiger partial charge on any atom is -0.369 e. The third-order valence-corrected chi connectivity index (χ3v) is 8.88. The van der Waals surface area contributed by atoms with Gasteiger partial charge < -0.3 is 10.0 Å². The van der Waals surface area contributed by atoms with E-state index in [1.165, 1.54) is 16.8 Å². The Labute approximate surface area is 241 Å². The summed E-state index contributed by atoms with van der Waals surface area (Å²) < 4.78 is 0. The molecule has 0 aromatic heterocycles. The van der Waals surface area contributed by atoms with E-state index < -0.39 is 6.23 Å². The molecule has 6 aromatic rings. The van der Waals surface area contributed by atoms with E-state index in [0.29, 0.717) is 27.6 Å². The molecule has 1 unspecified atom stereocenters. The number of rotatable bonds is 2. The lowest BCUT2D eigenvalue weighted by molar-refractivity contribution is 0.0174. The van der Waals surface area contributed by atoms with E-state index in [9.17, 15) is 19.5 Å². The average molecular weight is 549 g/mol. The first-order valence-corrected chi connectivity index (χ1v) is 13.8. The second-order valence-electron chi connectivity index (χ2n) is 11.0. The van der Waals surface area contributed by atoms with Gasteiger partial charge >= 0.3 is 0 Å². The van der Waals surface area contributed by atoms with Crippen LogP contribution in [0.4, 0.5) is 0 Å². The van der Waals surface area contributed by atoms with E-state index >= 15 is 0 Å². The number of hydrogen-bond donors (Lipinski definition) is 1. The smallest absolute Gasteiger partial charge is 0.261 e. The number of benzene rings is 6. The van der Waals surface area contributed by atoms with Crippen LogP contribution in [0.1, 0.15) is 42.9 Å². The van der Waals surface area contributed by atoms with E-state index in [1.54, 1.807) is 13.1 Å². The zero-order valence-electron chi connectivity index (χ0n) is 22.9. The standard InChI is InChI=1S/C36H24N2O4/c1-37-33(39)27-11-5-9-25-23(15-17-29(31(25)27)35(37)41)21-13-14-22(20-8-4-3-7-19(20)21)24-16-18-30-32-26(24)10-6-12-28(32)34(40)38(2)36(30)42/h3-18,35,41H,1-2H3. The van der Waals surface area contributed by atoms with Crippen LogP contribution in [0.2, 0.25) is 0 Å². The van der Waals surface area contributed by atoms with Crippen LogP contribution >= 0.6 is 0 Å². The van der Waals surface area contributed by atoms with Crippen molar-refractivity contribution in [3.63, 3.8) is 0 Å². The second kappa shape index (κ2) is 8.59. The summed E-state index contributed by atoms with van der Waals surface area (Å²) in [5.41, 5.74) is 6.26. The molecule has 0 aliphatic carbocycles. The van der Waals surface area contributed by atoms with Gasteiger partial charge in [-0.25, -0.2) is 0 Å². The van der Waals surface area contributed by atoms with Crippen LogP contribution in [0, 0.1) is 0 Å². The molecule has 0 saturated carbocycles. The highest BCUT2D eigenvalue weighted by atomic mass is 16.3. The van der Waals surface area contributed by atoms with Crippen LogP contribution in [0.3, 0.4) is 0 Å². The zero-order chi connectivity index (χ0) is 28.9. The van der Waals surface area contributed by atoms with Crippen LogP contribution in [0.15, 0.2) is 97.1 Å². The van der Waals surface area contributed by atoms with Gasteiger partial charge in [0.1, 0.15) is 0 Å². The van der Waals surface area contributed by atoms with Gasteiger partial charge in [-0.2, -0.15) is 0 Å². The average Bonchev–Trinajstić information content (AvgIpc) is 3.03. The first kappa shape index (κ1) is 24.5. The molecule has 0 fully saturated rings. The van der Waals surface area contributed by atoms with Crippen molar-refractivity contribution in [2.45, 2.75) is 6.23 Å². The number of fused-ring (bicyclic) bond motifs is 1. The summed E-state index contributed by atoms with van der Waals surface area (Å²) in [5.74, 6) is -0.801. The van der Waals surface area contributed by atoms with Crippen molar-refractivity contribution in [1.82, 2.24) is 9.80 Å². The highest BCUT2D eigenvalue weighted by Crippen LogP contribution is 2.44. The largest absolute Gasteiger partial charge is 0.369 e.